The highest BCUT2D eigenvalue weighted by Crippen LogP contribution is 2.43. The molecule has 0 heterocycles. The smallest absolute Gasteiger partial charge is 0.335 e. The summed E-state index contributed by atoms with van der Waals surface area (Å²) < 4.78 is 0. The fourth-order valence-corrected chi connectivity index (χ4v) is 3.85. The van der Waals surface area contributed by atoms with E-state index >= 15 is 0 Å². The molecule has 22 heavy (non-hydrogen) atoms. The van der Waals surface area contributed by atoms with Crippen molar-refractivity contribution in [3.8, 4) is 0 Å². The molecule has 2 rings (SSSR count). The number of nitrogens with one attached hydrogen (secondary N) is 1. The van der Waals surface area contributed by atoms with E-state index < -0.39 is 5.97 Å². The van der Waals surface area contributed by atoms with Crippen LogP contribution in [-0.2, 0) is 6.54 Å². The maximum absolute atomic E-state index is 11.1. The zero-order valence-electron chi connectivity index (χ0n) is 13.5. The van der Waals surface area contributed by atoms with Gasteiger partial charge in [-0.3, -0.25) is 0 Å². The van der Waals surface area contributed by atoms with E-state index in [1.165, 1.54) is 12.8 Å². The van der Waals surface area contributed by atoms with Crippen LogP contribution in [0, 0.1) is 11.3 Å². The lowest BCUT2D eigenvalue weighted by molar-refractivity contribution is 0.0649. The molecule has 3 N–H and O–H groups in total. The van der Waals surface area contributed by atoms with Gasteiger partial charge in [0.2, 0.25) is 0 Å². The molecule has 0 bridgehead atoms. The molecule has 122 valence electrons. The molecule has 1 aliphatic carbocycles. The number of aliphatic hydroxyl groups is 1. The van der Waals surface area contributed by atoms with Gasteiger partial charge in [-0.05, 0) is 36.5 Å². The Balaban J connectivity index is 2.09. The quantitative estimate of drug-likeness (QED) is 0.724. The largest absolute Gasteiger partial charge is 0.478 e. The maximum atomic E-state index is 11.1. The Morgan fingerprint density at radius 2 is 2.00 bits per heavy atom. The van der Waals surface area contributed by atoms with Crippen LogP contribution in [0.4, 0.5) is 0 Å². The molecule has 1 atom stereocenters. The van der Waals surface area contributed by atoms with Gasteiger partial charge >= 0.3 is 5.97 Å². The van der Waals surface area contributed by atoms with E-state index in [2.05, 4.69) is 19.2 Å². The van der Waals surface area contributed by atoms with Crippen molar-refractivity contribution < 1.29 is 15.0 Å². The van der Waals surface area contributed by atoms with Crippen LogP contribution in [0.3, 0.4) is 0 Å². The van der Waals surface area contributed by atoms with Crippen molar-refractivity contribution in [1.82, 2.24) is 5.32 Å². The molecule has 1 saturated carbocycles. The van der Waals surface area contributed by atoms with Crippen molar-refractivity contribution in [1.29, 1.82) is 0 Å². The Hall–Kier alpha value is -1.39. The van der Waals surface area contributed by atoms with Crippen LogP contribution in [-0.4, -0.2) is 28.8 Å². The average molecular weight is 305 g/mol. The van der Waals surface area contributed by atoms with Crippen LogP contribution in [0.2, 0.25) is 0 Å². The highest BCUT2D eigenvalue weighted by molar-refractivity contribution is 5.87. The van der Waals surface area contributed by atoms with Crippen LogP contribution >= 0.6 is 0 Å². The number of benzene rings is 1. The number of carboxylic acid groups (broad SMARTS) is 1. The zero-order valence-corrected chi connectivity index (χ0v) is 13.5. The first-order chi connectivity index (χ1) is 10.5. The van der Waals surface area contributed by atoms with Crippen molar-refractivity contribution in [2.45, 2.75) is 52.1 Å². The predicted molar refractivity (Wildman–Crippen MR) is 86.9 cm³/mol. The Bertz CT molecular complexity index is 507. The molecule has 4 nitrogen and oxygen atoms in total. The van der Waals surface area contributed by atoms with E-state index in [-0.39, 0.29) is 18.1 Å². The third-order valence-corrected chi connectivity index (χ3v) is 4.94. The molecule has 0 saturated heterocycles. The molecule has 1 aromatic rings. The van der Waals surface area contributed by atoms with Gasteiger partial charge in [0, 0.05) is 18.0 Å². The molecule has 1 aliphatic rings. The summed E-state index contributed by atoms with van der Waals surface area (Å²) in [5.41, 5.74) is 1.26. The van der Waals surface area contributed by atoms with Gasteiger partial charge in [0.25, 0.3) is 0 Å². The first kappa shape index (κ1) is 17.0. The second kappa shape index (κ2) is 7.25. The lowest BCUT2D eigenvalue weighted by Gasteiger charge is -2.39. The minimum Gasteiger partial charge on any atom is -0.478 e. The summed E-state index contributed by atoms with van der Waals surface area (Å²) in [4.78, 5) is 11.1. The monoisotopic (exact) mass is 305 g/mol. The number of rotatable bonds is 7. The molecular weight excluding hydrogens is 278 g/mol. The Labute approximate surface area is 132 Å². The van der Waals surface area contributed by atoms with Crippen molar-refractivity contribution in [2.24, 2.45) is 11.3 Å². The van der Waals surface area contributed by atoms with Gasteiger partial charge in [-0.2, -0.15) is 0 Å². The minimum atomic E-state index is -0.898. The summed E-state index contributed by atoms with van der Waals surface area (Å²) in [6, 6.07) is 7.29. The van der Waals surface area contributed by atoms with E-state index in [4.69, 9.17) is 5.11 Å². The molecule has 0 radical (unpaired) electrons. The lowest BCUT2D eigenvalue weighted by Crippen LogP contribution is -2.49. The molecule has 1 fully saturated rings. The summed E-state index contributed by atoms with van der Waals surface area (Å²) >= 11 is 0. The first-order valence-corrected chi connectivity index (χ1v) is 8.15. The van der Waals surface area contributed by atoms with Crippen LogP contribution < -0.4 is 5.32 Å². The summed E-state index contributed by atoms with van der Waals surface area (Å²) in [6.45, 7) is 5.21. The number of aliphatic hydroxyl groups excluding tert-OH is 1. The number of carbonyl (C=O) groups is 1. The number of hydrogen-bond acceptors (Lipinski definition) is 3. The molecule has 0 amide bonds. The third kappa shape index (κ3) is 3.68. The predicted octanol–water partition coefficient (Wildman–Crippen LogP) is 3.05. The third-order valence-electron chi connectivity index (χ3n) is 4.94. The van der Waals surface area contributed by atoms with E-state index in [0.717, 1.165) is 18.4 Å². The second-order valence-electron chi connectivity index (χ2n) is 6.84. The van der Waals surface area contributed by atoms with E-state index in [1.807, 2.05) is 6.07 Å². The van der Waals surface area contributed by atoms with Gasteiger partial charge in [-0.1, -0.05) is 38.8 Å². The Morgan fingerprint density at radius 1 is 1.32 bits per heavy atom. The highest BCUT2D eigenvalue weighted by atomic mass is 16.4. The van der Waals surface area contributed by atoms with Crippen LogP contribution in [0.1, 0.15) is 55.5 Å². The molecule has 0 aliphatic heterocycles. The Kier molecular flexibility index (Phi) is 5.59. The van der Waals surface area contributed by atoms with Crippen LogP contribution in [0.15, 0.2) is 24.3 Å². The zero-order chi connectivity index (χ0) is 16.2. The van der Waals surface area contributed by atoms with Gasteiger partial charge < -0.3 is 15.5 Å². The Morgan fingerprint density at radius 3 is 2.55 bits per heavy atom. The first-order valence-electron chi connectivity index (χ1n) is 8.15. The molecule has 0 aromatic heterocycles. The van der Waals surface area contributed by atoms with Crippen molar-refractivity contribution >= 4 is 5.97 Å². The summed E-state index contributed by atoms with van der Waals surface area (Å²) in [7, 11) is 0. The number of carboxylic acids is 1. The van der Waals surface area contributed by atoms with Gasteiger partial charge in [0.05, 0.1) is 12.2 Å². The summed E-state index contributed by atoms with van der Waals surface area (Å²) in [5.74, 6) is -0.474. The SMILES string of the molecule is CC(C)C(NCc1cccc(C(=O)O)c1)C1(CO)CCCC1. The van der Waals surface area contributed by atoms with Crippen molar-refractivity contribution in [3.63, 3.8) is 0 Å². The topological polar surface area (TPSA) is 69.6 Å². The van der Waals surface area contributed by atoms with Crippen LogP contribution in [0.5, 0.6) is 0 Å². The maximum Gasteiger partial charge on any atom is 0.335 e. The highest BCUT2D eigenvalue weighted by Gasteiger charge is 2.41. The fourth-order valence-electron chi connectivity index (χ4n) is 3.85. The van der Waals surface area contributed by atoms with E-state index in [1.54, 1.807) is 18.2 Å². The summed E-state index contributed by atoms with van der Waals surface area (Å²) in [6.07, 6.45) is 4.49. The fraction of sp³-hybridized carbons (Fsp3) is 0.611. The lowest BCUT2D eigenvalue weighted by atomic mass is 9.74. The summed E-state index contributed by atoms with van der Waals surface area (Å²) in [5, 5.41) is 22.6. The van der Waals surface area contributed by atoms with Crippen LogP contribution in [0.25, 0.3) is 0 Å². The average Bonchev–Trinajstić information content (AvgIpc) is 2.97. The van der Waals surface area contributed by atoms with Gasteiger partial charge in [-0.15, -0.1) is 0 Å². The molecule has 0 spiro atoms. The normalized spacial score (nSPS) is 18.5. The van der Waals surface area contributed by atoms with Gasteiger partial charge in [0.1, 0.15) is 0 Å². The van der Waals surface area contributed by atoms with Crippen molar-refractivity contribution in [2.75, 3.05) is 6.61 Å². The molecule has 1 unspecified atom stereocenters. The second-order valence-corrected chi connectivity index (χ2v) is 6.84. The number of aromatic carboxylic acids is 1. The minimum absolute atomic E-state index is 0.0292. The van der Waals surface area contributed by atoms with E-state index in [0.29, 0.717) is 18.0 Å². The molecule has 4 heteroatoms. The standard InChI is InChI=1S/C18H27NO3/c1-13(2)16(18(12-20)8-3-4-9-18)19-11-14-6-5-7-15(10-14)17(21)22/h5-7,10,13,16,19-20H,3-4,8-9,11-12H2,1-2H3,(H,21,22). The van der Waals surface area contributed by atoms with Gasteiger partial charge in [-0.25, -0.2) is 4.79 Å². The molecule has 1 aromatic carbocycles. The number of hydrogen-bond donors (Lipinski definition) is 3. The van der Waals surface area contributed by atoms with E-state index in [9.17, 15) is 9.90 Å². The molecular formula is C18H27NO3. The van der Waals surface area contributed by atoms with Gasteiger partial charge in [0.15, 0.2) is 0 Å². The van der Waals surface area contributed by atoms with Crippen molar-refractivity contribution in [3.05, 3.63) is 35.4 Å².